The lowest BCUT2D eigenvalue weighted by molar-refractivity contribution is 0.458. The molecule has 0 aliphatic rings. The van der Waals surface area contributed by atoms with Crippen LogP contribution >= 0.6 is 0 Å². The highest BCUT2D eigenvalue weighted by Crippen LogP contribution is 2.22. The summed E-state index contributed by atoms with van der Waals surface area (Å²) >= 11 is 0. The minimum atomic E-state index is 0.490. The number of nitrogens with two attached hydrogens (primary N) is 1. The molecule has 0 bridgehead atoms. The van der Waals surface area contributed by atoms with Crippen molar-refractivity contribution in [2.75, 3.05) is 5.73 Å². The second-order valence-electron chi connectivity index (χ2n) is 3.62. The molecule has 2 N–H and O–H groups in total. The highest BCUT2D eigenvalue weighted by molar-refractivity contribution is 5.50. The van der Waals surface area contributed by atoms with Crippen LogP contribution in [-0.2, 0) is 0 Å². The predicted molar refractivity (Wildman–Crippen MR) is 62.4 cm³/mol. The summed E-state index contributed by atoms with van der Waals surface area (Å²) in [7, 11) is 0. The van der Waals surface area contributed by atoms with Crippen LogP contribution in [0.5, 0.6) is 11.6 Å². The molecular formula is C12H13N3O. The van der Waals surface area contributed by atoms with Crippen LogP contribution < -0.4 is 10.5 Å². The molecule has 2 rings (SSSR count). The van der Waals surface area contributed by atoms with Crippen molar-refractivity contribution < 1.29 is 4.74 Å². The maximum atomic E-state index is 5.72. The Hall–Kier alpha value is -2.10. The van der Waals surface area contributed by atoms with Gasteiger partial charge in [0.25, 0.3) is 0 Å². The normalized spacial score (nSPS) is 10.1. The van der Waals surface area contributed by atoms with Gasteiger partial charge in [-0.05, 0) is 37.6 Å². The van der Waals surface area contributed by atoms with E-state index in [9.17, 15) is 0 Å². The number of nitrogen functional groups attached to an aromatic ring is 1. The van der Waals surface area contributed by atoms with E-state index < -0.39 is 0 Å². The van der Waals surface area contributed by atoms with Crippen molar-refractivity contribution in [2.45, 2.75) is 13.8 Å². The van der Waals surface area contributed by atoms with Crippen molar-refractivity contribution in [3.05, 3.63) is 41.9 Å². The fourth-order valence-corrected chi connectivity index (χ4v) is 1.32. The molecule has 4 heteroatoms. The van der Waals surface area contributed by atoms with Gasteiger partial charge in [0, 0.05) is 11.9 Å². The molecule has 0 aliphatic carbocycles. The zero-order valence-corrected chi connectivity index (χ0v) is 9.27. The average molecular weight is 215 g/mol. The van der Waals surface area contributed by atoms with E-state index in [4.69, 9.17) is 10.5 Å². The van der Waals surface area contributed by atoms with Gasteiger partial charge in [0.1, 0.15) is 5.75 Å². The number of hydrogen-bond acceptors (Lipinski definition) is 4. The Morgan fingerprint density at radius 3 is 2.69 bits per heavy atom. The first-order valence-corrected chi connectivity index (χ1v) is 4.98. The molecular weight excluding hydrogens is 202 g/mol. The van der Waals surface area contributed by atoms with Gasteiger partial charge in [-0.15, -0.1) is 0 Å². The molecule has 16 heavy (non-hydrogen) atoms. The molecule has 1 heterocycles. The van der Waals surface area contributed by atoms with Crippen molar-refractivity contribution in [1.29, 1.82) is 0 Å². The van der Waals surface area contributed by atoms with Crippen molar-refractivity contribution in [2.24, 2.45) is 0 Å². The number of anilines is 1. The molecule has 82 valence electrons. The molecule has 0 unspecified atom stereocenters. The number of benzene rings is 1. The Balaban J connectivity index is 2.24. The number of aromatic nitrogens is 2. The Morgan fingerprint density at radius 1 is 1.19 bits per heavy atom. The molecule has 0 saturated carbocycles. The van der Waals surface area contributed by atoms with E-state index in [2.05, 4.69) is 9.97 Å². The zero-order chi connectivity index (χ0) is 11.5. The lowest BCUT2D eigenvalue weighted by Crippen LogP contribution is -1.93. The lowest BCUT2D eigenvalue weighted by Gasteiger charge is -2.06. The van der Waals surface area contributed by atoms with Crippen LogP contribution in [0.25, 0.3) is 0 Å². The minimum Gasteiger partial charge on any atom is -0.437 e. The van der Waals surface area contributed by atoms with Gasteiger partial charge in [-0.2, -0.15) is 0 Å². The van der Waals surface area contributed by atoms with E-state index in [1.165, 1.54) is 0 Å². The van der Waals surface area contributed by atoms with Crippen molar-refractivity contribution in [1.82, 2.24) is 9.97 Å². The van der Waals surface area contributed by atoms with Gasteiger partial charge < -0.3 is 10.5 Å². The molecule has 0 saturated heterocycles. The Bertz CT molecular complexity index is 511. The molecule has 1 aromatic carbocycles. The van der Waals surface area contributed by atoms with E-state index in [-0.39, 0.29) is 0 Å². The first kappa shape index (κ1) is 10.4. The molecule has 0 amide bonds. The molecule has 2 aromatic rings. The van der Waals surface area contributed by atoms with Gasteiger partial charge in [0.05, 0.1) is 11.9 Å². The summed E-state index contributed by atoms with van der Waals surface area (Å²) < 4.78 is 5.57. The first-order valence-electron chi connectivity index (χ1n) is 4.98. The SMILES string of the molecule is Cc1cncc(Oc2ccc(N)c(C)c2)n1. The third kappa shape index (κ3) is 2.28. The topological polar surface area (TPSA) is 61.0 Å². The summed E-state index contributed by atoms with van der Waals surface area (Å²) in [4.78, 5) is 8.21. The smallest absolute Gasteiger partial charge is 0.238 e. The summed E-state index contributed by atoms with van der Waals surface area (Å²) in [5.41, 5.74) is 8.28. The van der Waals surface area contributed by atoms with Crippen molar-refractivity contribution >= 4 is 5.69 Å². The molecule has 0 spiro atoms. The van der Waals surface area contributed by atoms with Crippen LogP contribution in [0.15, 0.2) is 30.6 Å². The minimum absolute atomic E-state index is 0.490. The Kier molecular flexibility index (Phi) is 2.72. The van der Waals surface area contributed by atoms with E-state index in [1.807, 2.05) is 32.0 Å². The van der Waals surface area contributed by atoms with Gasteiger partial charge >= 0.3 is 0 Å². The van der Waals surface area contributed by atoms with Crippen LogP contribution in [0.1, 0.15) is 11.3 Å². The third-order valence-corrected chi connectivity index (χ3v) is 2.20. The molecule has 0 atom stereocenters. The zero-order valence-electron chi connectivity index (χ0n) is 9.27. The lowest BCUT2D eigenvalue weighted by atomic mass is 10.2. The van der Waals surface area contributed by atoms with E-state index >= 15 is 0 Å². The van der Waals surface area contributed by atoms with Gasteiger partial charge in [-0.25, -0.2) is 4.98 Å². The fraction of sp³-hybridized carbons (Fsp3) is 0.167. The number of ether oxygens (including phenoxy) is 1. The maximum Gasteiger partial charge on any atom is 0.238 e. The quantitative estimate of drug-likeness (QED) is 0.782. The summed E-state index contributed by atoms with van der Waals surface area (Å²) in [6, 6.07) is 5.50. The number of nitrogens with zero attached hydrogens (tertiary/aromatic N) is 2. The molecule has 4 nitrogen and oxygen atoms in total. The maximum absolute atomic E-state index is 5.72. The largest absolute Gasteiger partial charge is 0.437 e. The van der Waals surface area contributed by atoms with Crippen LogP contribution in [0, 0.1) is 13.8 Å². The van der Waals surface area contributed by atoms with Crippen LogP contribution in [0.2, 0.25) is 0 Å². The highest BCUT2D eigenvalue weighted by atomic mass is 16.5. The Labute approximate surface area is 94.1 Å². The predicted octanol–water partition coefficient (Wildman–Crippen LogP) is 2.47. The third-order valence-electron chi connectivity index (χ3n) is 2.20. The monoisotopic (exact) mass is 215 g/mol. The van der Waals surface area contributed by atoms with Crippen LogP contribution in [0.4, 0.5) is 5.69 Å². The Morgan fingerprint density at radius 2 is 2.00 bits per heavy atom. The summed E-state index contributed by atoms with van der Waals surface area (Å²) in [5.74, 6) is 1.20. The molecule has 0 fully saturated rings. The van der Waals surface area contributed by atoms with Crippen LogP contribution in [-0.4, -0.2) is 9.97 Å². The molecule has 1 aromatic heterocycles. The summed E-state index contributed by atoms with van der Waals surface area (Å²) in [6.07, 6.45) is 3.26. The van der Waals surface area contributed by atoms with E-state index in [0.29, 0.717) is 11.6 Å². The fourth-order valence-electron chi connectivity index (χ4n) is 1.32. The van der Waals surface area contributed by atoms with Crippen molar-refractivity contribution in [3.63, 3.8) is 0 Å². The summed E-state index contributed by atoms with van der Waals surface area (Å²) in [5, 5.41) is 0. The van der Waals surface area contributed by atoms with E-state index in [0.717, 1.165) is 16.9 Å². The van der Waals surface area contributed by atoms with Gasteiger partial charge in [-0.3, -0.25) is 4.98 Å². The number of rotatable bonds is 2. The number of aryl methyl sites for hydroxylation is 2. The van der Waals surface area contributed by atoms with E-state index in [1.54, 1.807) is 12.4 Å². The first-order chi connectivity index (χ1) is 7.65. The summed E-state index contributed by atoms with van der Waals surface area (Å²) in [6.45, 7) is 3.80. The number of hydrogen-bond donors (Lipinski definition) is 1. The van der Waals surface area contributed by atoms with Gasteiger partial charge in [0.2, 0.25) is 5.88 Å². The average Bonchev–Trinajstić information content (AvgIpc) is 2.24. The molecule has 0 radical (unpaired) electrons. The standard InChI is InChI=1S/C12H13N3O/c1-8-5-10(3-4-11(8)13)16-12-7-14-6-9(2)15-12/h3-7H,13H2,1-2H3. The second kappa shape index (κ2) is 4.18. The highest BCUT2D eigenvalue weighted by Gasteiger charge is 2.01. The van der Waals surface area contributed by atoms with Gasteiger partial charge in [-0.1, -0.05) is 0 Å². The van der Waals surface area contributed by atoms with Gasteiger partial charge in [0.15, 0.2) is 0 Å². The molecule has 0 aliphatic heterocycles. The second-order valence-corrected chi connectivity index (χ2v) is 3.62. The van der Waals surface area contributed by atoms with Crippen LogP contribution in [0.3, 0.4) is 0 Å². The van der Waals surface area contributed by atoms with Crippen molar-refractivity contribution in [3.8, 4) is 11.6 Å².